The van der Waals surface area contributed by atoms with Gasteiger partial charge in [-0.2, -0.15) is 6.07 Å². The van der Waals surface area contributed by atoms with Gasteiger partial charge in [0.05, 0.1) is 7.11 Å². The molecule has 0 N–H and O–H groups in total. The van der Waals surface area contributed by atoms with Crippen LogP contribution in [0.5, 0.6) is 5.75 Å². The summed E-state index contributed by atoms with van der Waals surface area (Å²) in [4.78, 5) is 1.19. The summed E-state index contributed by atoms with van der Waals surface area (Å²) >= 11 is 1.65. The third-order valence-electron chi connectivity index (χ3n) is 0.950. The molecule has 0 aliphatic carbocycles. The van der Waals surface area contributed by atoms with Gasteiger partial charge >= 0.3 is 18.9 Å². The average Bonchev–Trinajstić information content (AvgIpc) is 2.14. The Balaban J connectivity index is 0.000000640. The number of hydrogen-bond acceptors (Lipinski definition) is 2. The third kappa shape index (κ3) is 2.06. The molecule has 0 unspecified atom stereocenters. The van der Waals surface area contributed by atoms with Crippen molar-refractivity contribution in [3.63, 3.8) is 0 Å². The Hall–Kier alpha value is 0.0974. The van der Waals surface area contributed by atoms with E-state index in [-0.39, 0.29) is 18.9 Å². The van der Waals surface area contributed by atoms with Gasteiger partial charge in [0.25, 0.3) is 0 Å². The van der Waals surface area contributed by atoms with E-state index in [0.29, 0.717) is 0 Å². The van der Waals surface area contributed by atoms with Crippen molar-refractivity contribution in [2.24, 2.45) is 0 Å². The van der Waals surface area contributed by atoms with Gasteiger partial charge < -0.3 is 4.74 Å². The summed E-state index contributed by atoms with van der Waals surface area (Å²) in [7, 11) is 1.66. The first-order valence-corrected chi connectivity index (χ1v) is 3.22. The van der Waals surface area contributed by atoms with E-state index in [9.17, 15) is 0 Å². The van der Waals surface area contributed by atoms with E-state index in [1.54, 1.807) is 18.4 Å². The molecule has 0 saturated heterocycles. The third-order valence-corrected chi connectivity index (χ3v) is 1.72. The van der Waals surface area contributed by atoms with Gasteiger partial charge in [-0.3, -0.25) is 11.3 Å². The fourth-order valence-corrected chi connectivity index (χ4v) is 1.12. The van der Waals surface area contributed by atoms with E-state index in [1.807, 2.05) is 12.3 Å². The molecule has 0 spiro atoms. The van der Waals surface area contributed by atoms with Gasteiger partial charge in [0.2, 0.25) is 0 Å². The number of ether oxygens (including phenoxy) is 1. The van der Waals surface area contributed by atoms with Crippen LogP contribution in [0.25, 0.3) is 0 Å². The first-order chi connectivity index (χ1) is 3.84. The normalized spacial score (nSPS) is 8.22. The molecule has 1 nitrogen and oxygen atoms in total. The topological polar surface area (TPSA) is 9.23 Å². The molecule has 0 atom stereocenters. The van der Waals surface area contributed by atoms with E-state index in [4.69, 9.17) is 4.74 Å². The van der Waals surface area contributed by atoms with Crippen LogP contribution in [-0.2, 0) is 0 Å². The van der Waals surface area contributed by atoms with Crippen molar-refractivity contribution in [3.05, 3.63) is 16.3 Å². The Morgan fingerprint density at radius 1 is 1.67 bits per heavy atom. The molecule has 0 amide bonds. The van der Waals surface area contributed by atoms with Crippen molar-refractivity contribution in [2.75, 3.05) is 7.11 Å². The molecular weight excluding hydrogens is 127 g/mol. The standard InChI is InChI=1S/C6H7OS.Li/c1-5-6(7-2)3-4-8-5;/h4H,1-2H3;/q-1;+1. The zero-order chi connectivity index (χ0) is 5.98. The second-order valence-electron chi connectivity index (χ2n) is 1.47. The Kier molecular flexibility index (Phi) is 4.04. The number of hydrogen-bond donors (Lipinski definition) is 0. The fourth-order valence-electron chi connectivity index (χ4n) is 0.529. The SMILES string of the molecule is COc1[c-]csc1C.[Li+]. The van der Waals surface area contributed by atoms with Gasteiger partial charge in [0.15, 0.2) is 0 Å². The number of methoxy groups -OCH3 is 1. The Labute approximate surface area is 71.2 Å². The minimum absolute atomic E-state index is 0. The minimum Gasteiger partial charge on any atom is -0.534 e. The van der Waals surface area contributed by atoms with Crippen LogP contribution in [0.15, 0.2) is 5.38 Å². The Morgan fingerprint density at radius 2 is 2.33 bits per heavy atom. The molecule has 0 aromatic carbocycles. The molecule has 44 valence electrons. The maximum Gasteiger partial charge on any atom is 1.00 e. The van der Waals surface area contributed by atoms with Crippen molar-refractivity contribution in [3.8, 4) is 5.75 Å². The first-order valence-electron chi connectivity index (χ1n) is 2.34. The van der Waals surface area contributed by atoms with E-state index in [1.165, 1.54) is 4.88 Å². The number of aryl methyl sites for hydroxylation is 1. The summed E-state index contributed by atoms with van der Waals surface area (Å²) in [5, 5.41) is 1.90. The molecule has 0 aliphatic rings. The quantitative estimate of drug-likeness (QED) is 0.349. The predicted octanol–water partition coefficient (Wildman–Crippen LogP) is -1.13. The van der Waals surface area contributed by atoms with Crippen LogP contribution in [0.3, 0.4) is 0 Å². The largest absolute Gasteiger partial charge is 1.00 e. The molecule has 1 aromatic rings. The average molecular weight is 134 g/mol. The Morgan fingerprint density at radius 3 is 2.56 bits per heavy atom. The summed E-state index contributed by atoms with van der Waals surface area (Å²) in [5.41, 5.74) is 0. The second-order valence-corrected chi connectivity index (χ2v) is 2.55. The van der Waals surface area contributed by atoms with Crippen LogP contribution in [0.4, 0.5) is 0 Å². The van der Waals surface area contributed by atoms with Gasteiger partial charge in [-0.1, -0.05) is 6.92 Å². The van der Waals surface area contributed by atoms with Crippen molar-refractivity contribution < 1.29 is 23.6 Å². The van der Waals surface area contributed by atoms with Crippen LogP contribution in [0.2, 0.25) is 0 Å². The maximum absolute atomic E-state index is 4.94. The zero-order valence-corrected chi connectivity index (χ0v) is 6.71. The van der Waals surface area contributed by atoms with Crippen LogP contribution < -0.4 is 23.6 Å². The van der Waals surface area contributed by atoms with Gasteiger partial charge in [-0.15, -0.1) is 10.3 Å². The van der Waals surface area contributed by atoms with Crippen LogP contribution in [0.1, 0.15) is 4.88 Å². The van der Waals surface area contributed by atoms with Crippen molar-refractivity contribution in [1.82, 2.24) is 0 Å². The van der Waals surface area contributed by atoms with Crippen LogP contribution in [-0.4, -0.2) is 7.11 Å². The van der Waals surface area contributed by atoms with E-state index in [0.717, 1.165) is 5.75 Å². The predicted molar refractivity (Wildman–Crippen MR) is 34.4 cm³/mol. The minimum atomic E-state index is 0. The molecule has 1 heterocycles. The summed E-state index contributed by atoms with van der Waals surface area (Å²) in [6, 6.07) is 2.95. The molecule has 1 rings (SSSR count). The van der Waals surface area contributed by atoms with Crippen molar-refractivity contribution >= 4 is 11.3 Å². The van der Waals surface area contributed by atoms with Crippen LogP contribution >= 0.6 is 11.3 Å². The molecule has 3 heteroatoms. The van der Waals surface area contributed by atoms with E-state index >= 15 is 0 Å². The molecule has 0 bridgehead atoms. The zero-order valence-electron chi connectivity index (χ0n) is 5.89. The molecule has 0 fully saturated rings. The summed E-state index contributed by atoms with van der Waals surface area (Å²) in [6.45, 7) is 2.01. The second kappa shape index (κ2) is 4.00. The molecule has 1 aromatic heterocycles. The molecular formula is C6H7LiOS. The van der Waals surface area contributed by atoms with Gasteiger partial charge in [-0.25, -0.2) is 0 Å². The number of rotatable bonds is 1. The maximum atomic E-state index is 4.94. The van der Waals surface area contributed by atoms with Gasteiger partial charge in [0.1, 0.15) is 0 Å². The van der Waals surface area contributed by atoms with E-state index in [2.05, 4.69) is 6.07 Å². The monoisotopic (exact) mass is 134 g/mol. The van der Waals surface area contributed by atoms with E-state index < -0.39 is 0 Å². The summed E-state index contributed by atoms with van der Waals surface area (Å²) in [6.07, 6.45) is 0. The summed E-state index contributed by atoms with van der Waals surface area (Å²) < 4.78 is 4.94. The molecule has 9 heavy (non-hydrogen) atoms. The smallest absolute Gasteiger partial charge is 0.534 e. The molecule has 0 saturated carbocycles. The number of thiophene rings is 1. The fraction of sp³-hybridized carbons (Fsp3) is 0.333. The molecule has 0 aliphatic heterocycles. The van der Waals surface area contributed by atoms with Crippen LogP contribution in [0, 0.1) is 13.0 Å². The molecule has 0 radical (unpaired) electrons. The first kappa shape index (κ1) is 9.10. The van der Waals surface area contributed by atoms with Crippen molar-refractivity contribution in [1.29, 1.82) is 0 Å². The Bertz CT molecular complexity index is 173. The summed E-state index contributed by atoms with van der Waals surface area (Å²) in [5.74, 6) is 0.870. The van der Waals surface area contributed by atoms with Gasteiger partial charge in [-0.05, 0) is 5.75 Å². The van der Waals surface area contributed by atoms with Gasteiger partial charge in [0, 0.05) is 0 Å². The van der Waals surface area contributed by atoms with Crippen molar-refractivity contribution in [2.45, 2.75) is 6.92 Å².